The van der Waals surface area contributed by atoms with Gasteiger partial charge in [0.25, 0.3) is 0 Å². The van der Waals surface area contributed by atoms with E-state index in [2.05, 4.69) is 113 Å². The summed E-state index contributed by atoms with van der Waals surface area (Å²) in [7, 11) is 0. The smallest absolute Gasteiger partial charge is 0.204 e. The number of benzene rings is 2. The highest BCUT2D eigenvalue weighted by Crippen LogP contribution is 2.36. The van der Waals surface area contributed by atoms with E-state index >= 15 is 0 Å². The Hall–Kier alpha value is -4.64. The van der Waals surface area contributed by atoms with Crippen LogP contribution >= 0.6 is 0 Å². The lowest BCUT2D eigenvalue weighted by atomic mass is 9.97. The number of carbonyl (C=O) groups is 1. The molecule has 2 aromatic carbocycles. The van der Waals surface area contributed by atoms with Crippen molar-refractivity contribution in [3.63, 3.8) is 0 Å². The van der Waals surface area contributed by atoms with Crippen molar-refractivity contribution < 1.29 is 4.79 Å². The zero-order valence-corrected chi connectivity index (χ0v) is 21.7. The lowest BCUT2D eigenvalue weighted by Gasteiger charge is -2.14. The molecule has 0 radical (unpaired) electrons. The van der Waals surface area contributed by atoms with Gasteiger partial charge in [0, 0.05) is 28.8 Å². The molecule has 0 spiro atoms. The van der Waals surface area contributed by atoms with Crippen molar-refractivity contribution in [2.45, 2.75) is 27.3 Å². The SMILES string of the molecule is C=Cn1c(/C=C\C)cc(-c2ccccc2)c1C(=C)c1ccc(NCc2cc(C)cc(C)n2)cc1.NC=O. The lowest BCUT2D eigenvalue weighted by Crippen LogP contribution is -2.03. The molecule has 2 aromatic heterocycles. The minimum Gasteiger partial charge on any atom is -0.379 e. The van der Waals surface area contributed by atoms with Crippen LogP contribution in [0.3, 0.4) is 0 Å². The van der Waals surface area contributed by atoms with Gasteiger partial charge in [-0.25, -0.2) is 0 Å². The van der Waals surface area contributed by atoms with Gasteiger partial charge in [0.15, 0.2) is 0 Å². The van der Waals surface area contributed by atoms with Crippen LogP contribution in [0.2, 0.25) is 0 Å². The summed E-state index contributed by atoms with van der Waals surface area (Å²) >= 11 is 0. The molecular weight excluding hydrogens is 456 g/mol. The number of hydrogen-bond acceptors (Lipinski definition) is 3. The maximum absolute atomic E-state index is 8.58. The van der Waals surface area contributed by atoms with E-state index in [9.17, 15) is 0 Å². The summed E-state index contributed by atoms with van der Waals surface area (Å²) in [5.74, 6) is 0. The van der Waals surface area contributed by atoms with Crippen molar-refractivity contribution in [2.75, 3.05) is 5.32 Å². The fourth-order valence-corrected chi connectivity index (χ4v) is 4.32. The normalized spacial score (nSPS) is 10.5. The predicted octanol–water partition coefficient (Wildman–Crippen LogP) is 7.08. The Kier molecular flexibility index (Phi) is 9.39. The summed E-state index contributed by atoms with van der Waals surface area (Å²) in [6.45, 7) is 15.4. The summed E-state index contributed by atoms with van der Waals surface area (Å²) in [6, 6.07) is 25.3. The third-order valence-electron chi connectivity index (χ3n) is 5.81. The van der Waals surface area contributed by atoms with Crippen LogP contribution in [0, 0.1) is 13.8 Å². The van der Waals surface area contributed by atoms with E-state index in [0.29, 0.717) is 6.54 Å². The van der Waals surface area contributed by atoms with Crippen molar-refractivity contribution >= 4 is 29.9 Å². The first kappa shape index (κ1) is 27.0. The molecule has 0 saturated carbocycles. The van der Waals surface area contributed by atoms with Crippen LogP contribution in [0.4, 0.5) is 5.69 Å². The molecule has 2 heterocycles. The predicted molar refractivity (Wildman–Crippen MR) is 157 cm³/mol. The van der Waals surface area contributed by atoms with Gasteiger partial charge in [-0.1, -0.05) is 61.7 Å². The van der Waals surface area contributed by atoms with Gasteiger partial charge in [-0.2, -0.15) is 0 Å². The average Bonchev–Trinajstić information content (AvgIpc) is 3.26. The second kappa shape index (κ2) is 12.9. The third kappa shape index (κ3) is 6.73. The number of hydrogen-bond donors (Lipinski definition) is 2. The summed E-state index contributed by atoms with van der Waals surface area (Å²) < 4.78 is 2.11. The number of nitrogens with two attached hydrogens (primary N) is 1. The maximum Gasteiger partial charge on any atom is 0.204 e. The van der Waals surface area contributed by atoms with Gasteiger partial charge in [-0.05, 0) is 79.4 Å². The summed E-state index contributed by atoms with van der Waals surface area (Å²) in [5, 5.41) is 3.48. The van der Waals surface area contributed by atoms with Gasteiger partial charge < -0.3 is 15.6 Å². The van der Waals surface area contributed by atoms with Crippen molar-refractivity contribution in [1.82, 2.24) is 9.55 Å². The molecule has 5 nitrogen and oxygen atoms in total. The van der Waals surface area contributed by atoms with Crippen LogP contribution in [-0.4, -0.2) is 16.0 Å². The summed E-state index contributed by atoms with van der Waals surface area (Å²) in [4.78, 5) is 13.2. The zero-order valence-electron chi connectivity index (χ0n) is 21.7. The molecule has 188 valence electrons. The van der Waals surface area contributed by atoms with Crippen LogP contribution in [0.25, 0.3) is 29.0 Å². The molecule has 0 fully saturated rings. The highest BCUT2D eigenvalue weighted by molar-refractivity contribution is 5.89. The number of nitrogens with one attached hydrogen (secondary N) is 1. The van der Waals surface area contributed by atoms with Crippen molar-refractivity contribution in [3.05, 3.63) is 126 Å². The quantitative estimate of drug-likeness (QED) is 0.259. The fraction of sp³-hybridized carbons (Fsp3) is 0.125. The van der Waals surface area contributed by atoms with E-state index in [1.165, 1.54) is 5.56 Å². The topological polar surface area (TPSA) is 72.9 Å². The number of aryl methyl sites for hydroxylation is 2. The van der Waals surface area contributed by atoms with Gasteiger partial charge in [-0.3, -0.25) is 9.78 Å². The largest absolute Gasteiger partial charge is 0.379 e. The van der Waals surface area contributed by atoms with E-state index in [0.717, 1.165) is 50.7 Å². The first-order valence-electron chi connectivity index (χ1n) is 12.1. The molecule has 0 aliphatic carbocycles. The minimum absolute atomic E-state index is 0.250. The molecule has 0 saturated heterocycles. The number of allylic oxidation sites excluding steroid dienone is 1. The van der Waals surface area contributed by atoms with Crippen molar-refractivity contribution in [3.8, 4) is 11.1 Å². The molecule has 1 amide bonds. The number of pyridine rings is 1. The number of amides is 1. The molecule has 0 atom stereocenters. The van der Waals surface area contributed by atoms with Gasteiger partial charge in [0.1, 0.15) is 0 Å². The van der Waals surface area contributed by atoms with Crippen LogP contribution < -0.4 is 11.1 Å². The van der Waals surface area contributed by atoms with Gasteiger partial charge in [0.05, 0.1) is 17.9 Å². The van der Waals surface area contributed by atoms with Gasteiger partial charge in [-0.15, -0.1) is 0 Å². The first-order chi connectivity index (χ1) is 17.9. The second-order valence-corrected chi connectivity index (χ2v) is 8.57. The van der Waals surface area contributed by atoms with Crippen LogP contribution in [0.15, 0.2) is 92.0 Å². The van der Waals surface area contributed by atoms with Crippen molar-refractivity contribution in [2.24, 2.45) is 5.73 Å². The molecule has 0 aliphatic heterocycles. The Labute approximate surface area is 219 Å². The number of aromatic nitrogens is 2. The molecule has 4 aromatic rings. The third-order valence-corrected chi connectivity index (χ3v) is 5.81. The maximum atomic E-state index is 8.58. The second-order valence-electron chi connectivity index (χ2n) is 8.57. The van der Waals surface area contributed by atoms with E-state index in [1.54, 1.807) is 0 Å². The van der Waals surface area contributed by atoms with E-state index in [1.807, 2.05) is 32.2 Å². The Bertz CT molecular complexity index is 1380. The number of rotatable bonds is 8. The van der Waals surface area contributed by atoms with Crippen molar-refractivity contribution in [1.29, 1.82) is 0 Å². The standard InChI is InChI=1S/C31H31N3.CH3NO/c1-6-11-29-20-30(26-12-9-8-10-13-26)31(34(29)7-2)24(5)25-14-16-27(17-15-25)32-21-28-19-22(3)18-23(4)33-28;2-1-3/h6-20,32H,2,5,21H2,1,3-4H3;1H,(H2,2,3)/b11-6-;. The van der Waals surface area contributed by atoms with Crippen LogP contribution in [0.5, 0.6) is 0 Å². The molecular formula is C32H34N4O. The molecule has 0 bridgehead atoms. The van der Waals surface area contributed by atoms with Crippen LogP contribution in [-0.2, 0) is 11.3 Å². The minimum atomic E-state index is 0.250. The Balaban J connectivity index is 0.00000121. The van der Waals surface area contributed by atoms with E-state index in [-0.39, 0.29) is 6.41 Å². The zero-order chi connectivity index (χ0) is 26.8. The Morgan fingerprint density at radius 1 is 1.05 bits per heavy atom. The Morgan fingerprint density at radius 3 is 2.32 bits per heavy atom. The molecule has 4 rings (SSSR count). The number of nitrogens with zero attached hydrogens (tertiary/aromatic N) is 2. The Morgan fingerprint density at radius 2 is 1.73 bits per heavy atom. The number of anilines is 1. The van der Waals surface area contributed by atoms with Gasteiger partial charge >= 0.3 is 0 Å². The first-order valence-corrected chi connectivity index (χ1v) is 12.1. The average molecular weight is 491 g/mol. The molecule has 0 unspecified atom stereocenters. The monoisotopic (exact) mass is 490 g/mol. The molecule has 3 N–H and O–H groups in total. The summed E-state index contributed by atoms with van der Waals surface area (Å²) in [5.41, 5.74) is 15.0. The lowest BCUT2D eigenvalue weighted by molar-refractivity contribution is -0.106. The summed E-state index contributed by atoms with van der Waals surface area (Å²) in [6.07, 6.45) is 6.25. The van der Waals surface area contributed by atoms with E-state index < -0.39 is 0 Å². The molecule has 5 heteroatoms. The molecule has 0 aliphatic rings. The van der Waals surface area contributed by atoms with Crippen LogP contribution in [0.1, 0.15) is 40.8 Å². The van der Waals surface area contributed by atoms with Gasteiger partial charge in [0.2, 0.25) is 6.41 Å². The highest BCUT2D eigenvalue weighted by atomic mass is 16.1. The number of carbonyl (C=O) groups excluding carboxylic acids is 1. The van der Waals surface area contributed by atoms with E-state index in [4.69, 9.17) is 4.79 Å². The molecule has 37 heavy (non-hydrogen) atoms. The highest BCUT2D eigenvalue weighted by Gasteiger charge is 2.17. The fourth-order valence-electron chi connectivity index (χ4n) is 4.32. The number of primary amides is 1.